The molecule has 1 atom stereocenters. The Balaban J connectivity index is 1.58. The molecule has 4 rings (SSSR count). The fourth-order valence-corrected chi connectivity index (χ4v) is 4.92. The van der Waals surface area contributed by atoms with Crippen molar-refractivity contribution in [3.8, 4) is 17.2 Å². The Kier molecular flexibility index (Phi) is 9.15. The Bertz CT molecular complexity index is 1270. The Morgan fingerprint density at radius 2 is 1.60 bits per heavy atom. The van der Waals surface area contributed by atoms with Crippen LogP contribution in [0.2, 0.25) is 0 Å². The number of piperazine rings is 1. The van der Waals surface area contributed by atoms with E-state index in [1.807, 2.05) is 4.90 Å². The smallest absolute Gasteiger partial charge is 0.338 e. The van der Waals surface area contributed by atoms with E-state index in [1.165, 1.54) is 12.0 Å². The molecular formula is C29H36N4O7. The molecule has 2 aliphatic rings. The average Bonchev–Trinajstić information content (AvgIpc) is 2.99. The first-order valence-corrected chi connectivity index (χ1v) is 13.1. The lowest BCUT2D eigenvalue weighted by Crippen LogP contribution is -2.53. The molecule has 2 heterocycles. The molecule has 0 bridgehead atoms. The molecule has 214 valence electrons. The number of likely N-dealkylation sites (N-methyl/N-ethyl adjacent to an activating group) is 1. The fraction of sp³-hybridized carbons (Fsp3) is 0.414. The Morgan fingerprint density at radius 1 is 0.925 bits per heavy atom. The van der Waals surface area contributed by atoms with Crippen LogP contribution in [0.4, 0.5) is 4.79 Å². The van der Waals surface area contributed by atoms with E-state index in [0.717, 1.165) is 0 Å². The van der Waals surface area contributed by atoms with E-state index < -0.39 is 12.0 Å². The maximum Gasteiger partial charge on any atom is 0.338 e. The molecule has 0 saturated carbocycles. The van der Waals surface area contributed by atoms with E-state index in [9.17, 15) is 14.4 Å². The third-order valence-corrected chi connectivity index (χ3v) is 7.18. The predicted molar refractivity (Wildman–Crippen MR) is 148 cm³/mol. The summed E-state index contributed by atoms with van der Waals surface area (Å²) in [5.74, 6) is 1.16. The summed E-state index contributed by atoms with van der Waals surface area (Å²) in [4.78, 5) is 44.8. The first-order chi connectivity index (χ1) is 19.3. The zero-order valence-corrected chi connectivity index (χ0v) is 23.6. The molecule has 0 aliphatic carbocycles. The van der Waals surface area contributed by atoms with Crippen LogP contribution in [-0.2, 0) is 9.53 Å². The van der Waals surface area contributed by atoms with E-state index in [2.05, 4.69) is 10.2 Å². The number of benzene rings is 2. The zero-order valence-electron chi connectivity index (χ0n) is 23.6. The van der Waals surface area contributed by atoms with Gasteiger partial charge < -0.3 is 29.2 Å². The molecule has 0 spiro atoms. The molecule has 40 heavy (non-hydrogen) atoms. The second-order valence-corrected chi connectivity index (χ2v) is 9.43. The van der Waals surface area contributed by atoms with E-state index in [0.29, 0.717) is 72.4 Å². The minimum atomic E-state index is -0.740. The van der Waals surface area contributed by atoms with Gasteiger partial charge in [0.2, 0.25) is 0 Å². The van der Waals surface area contributed by atoms with Crippen LogP contribution in [0, 0.1) is 0 Å². The second-order valence-electron chi connectivity index (χ2n) is 9.43. The van der Waals surface area contributed by atoms with Crippen molar-refractivity contribution in [2.24, 2.45) is 0 Å². The molecule has 11 nitrogen and oxygen atoms in total. The van der Waals surface area contributed by atoms with E-state index in [4.69, 9.17) is 18.9 Å². The average molecular weight is 553 g/mol. The number of amides is 3. The quantitative estimate of drug-likeness (QED) is 0.473. The highest BCUT2D eigenvalue weighted by molar-refractivity contribution is 5.95. The second kappa shape index (κ2) is 12.7. The molecular weight excluding hydrogens is 516 g/mol. The number of ether oxygens (including phenoxy) is 4. The van der Waals surface area contributed by atoms with Crippen LogP contribution in [0.25, 0.3) is 0 Å². The number of nitrogens with one attached hydrogen (secondary N) is 1. The number of nitrogens with zero attached hydrogens (tertiary/aromatic N) is 3. The zero-order chi connectivity index (χ0) is 28.8. The Hall–Kier alpha value is -4.25. The third-order valence-electron chi connectivity index (χ3n) is 7.18. The molecule has 0 aromatic heterocycles. The summed E-state index contributed by atoms with van der Waals surface area (Å²) in [5.41, 5.74) is 2.17. The maximum absolute atomic E-state index is 13.3. The molecule has 0 unspecified atom stereocenters. The number of rotatable bonds is 9. The first kappa shape index (κ1) is 28.8. The van der Waals surface area contributed by atoms with Gasteiger partial charge in [-0.05, 0) is 48.9 Å². The number of esters is 1. The lowest BCUT2D eigenvalue weighted by molar-refractivity contribution is -0.139. The van der Waals surface area contributed by atoms with Gasteiger partial charge in [0, 0.05) is 51.0 Å². The highest BCUT2D eigenvalue weighted by Crippen LogP contribution is 2.36. The van der Waals surface area contributed by atoms with Crippen molar-refractivity contribution in [3.63, 3.8) is 0 Å². The number of methoxy groups -OCH3 is 3. The summed E-state index contributed by atoms with van der Waals surface area (Å²) >= 11 is 0. The van der Waals surface area contributed by atoms with Crippen molar-refractivity contribution in [2.75, 3.05) is 67.7 Å². The molecule has 1 saturated heterocycles. The van der Waals surface area contributed by atoms with Gasteiger partial charge in [-0.1, -0.05) is 6.07 Å². The van der Waals surface area contributed by atoms with Crippen molar-refractivity contribution in [2.45, 2.75) is 13.0 Å². The predicted octanol–water partition coefficient (Wildman–Crippen LogP) is 2.68. The largest absolute Gasteiger partial charge is 0.497 e. The summed E-state index contributed by atoms with van der Waals surface area (Å²) in [6.07, 6.45) is 0. The van der Waals surface area contributed by atoms with Crippen LogP contribution in [0.5, 0.6) is 17.2 Å². The minimum absolute atomic E-state index is 0.0450. The first-order valence-electron chi connectivity index (χ1n) is 13.1. The van der Waals surface area contributed by atoms with Crippen LogP contribution < -0.4 is 19.5 Å². The summed E-state index contributed by atoms with van der Waals surface area (Å²) in [7, 11) is 6.29. The number of hydrogen-bond donors (Lipinski definition) is 1. The van der Waals surface area contributed by atoms with Crippen LogP contribution in [-0.4, -0.2) is 100 Å². The van der Waals surface area contributed by atoms with Crippen molar-refractivity contribution >= 4 is 17.9 Å². The standard InChI is InChI=1S/C29H36N4O7/c1-6-40-28(35)25-22(31(2)29(36)30-26(25)20-9-12-23(38-4)24(17-20)39-5)18-32-13-15-33(16-14-32)27(34)19-7-10-21(37-3)11-8-19/h7-12,17,26H,6,13-16,18H2,1-5H3,(H,30,36)/t26-/m1/s1. The van der Waals surface area contributed by atoms with Crippen molar-refractivity contribution in [3.05, 3.63) is 64.9 Å². The van der Waals surface area contributed by atoms with Crippen molar-refractivity contribution < 1.29 is 33.3 Å². The van der Waals surface area contributed by atoms with Crippen LogP contribution >= 0.6 is 0 Å². The van der Waals surface area contributed by atoms with Gasteiger partial charge in [-0.3, -0.25) is 14.6 Å². The number of hydrogen-bond acceptors (Lipinski definition) is 8. The minimum Gasteiger partial charge on any atom is -0.497 e. The van der Waals surface area contributed by atoms with E-state index in [-0.39, 0.29) is 18.5 Å². The van der Waals surface area contributed by atoms with Gasteiger partial charge in [0.15, 0.2) is 11.5 Å². The number of carbonyl (C=O) groups is 3. The highest BCUT2D eigenvalue weighted by Gasteiger charge is 2.38. The van der Waals surface area contributed by atoms with Crippen LogP contribution in [0.1, 0.15) is 28.9 Å². The van der Waals surface area contributed by atoms with Crippen LogP contribution in [0.15, 0.2) is 53.7 Å². The topological polar surface area (TPSA) is 110 Å². The SMILES string of the molecule is CCOC(=O)C1=C(CN2CCN(C(=O)c3ccc(OC)cc3)CC2)N(C)C(=O)N[C@@H]1c1ccc(OC)c(OC)c1. The molecule has 11 heteroatoms. The molecule has 2 aromatic rings. The third kappa shape index (κ3) is 5.99. The van der Waals surface area contributed by atoms with Gasteiger partial charge in [0.25, 0.3) is 5.91 Å². The Labute approximate surface area is 234 Å². The fourth-order valence-electron chi connectivity index (χ4n) is 4.92. The molecule has 1 N–H and O–H groups in total. The highest BCUT2D eigenvalue weighted by atomic mass is 16.5. The number of carbonyl (C=O) groups excluding carboxylic acids is 3. The van der Waals surface area contributed by atoms with Crippen molar-refractivity contribution in [1.29, 1.82) is 0 Å². The lowest BCUT2D eigenvalue weighted by atomic mass is 9.94. The van der Waals surface area contributed by atoms with Gasteiger partial charge in [-0.15, -0.1) is 0 Å². The van der Waals surface area contributed by atoms with E-state index in [1.54, 1.807) is 70.7 Å². The summed E-state index contributed by atoms with van der Waals surface area (Å²) in [5, 5.41) is 2.93. The maximum atomic E-state index is 13.3. The van der Waals surface area contributed by atoms with E-state index >= 15 is 0 Å². The van der Waals surface area contributed by atoms with Gasteiger partial charge in [-0.25, -0.2) is 9.59 Å². The Morgan fingerprint density at radius 3 is 2.20 bits per heavy atom. The summed E-state index contributed by atoms with van der Waals surface area (Å²) < 4.78 is 21.4. The summed E-state index contributed by atoms with van der Waals surface area (Å²) in [6.45, 7) is 4.47. The molecule has 1 fully saturated rings. The molecule has 3 amide bonds. The molecule has 2 aromatic carbocycles. The van der Waals surface area contributed by atoms with Crippen LogP contribution in [0.3, 0.4) is 0 Å². The van der Waals surface area contributed by atoms with Gasteiger partial charge >= 0.3 is 12.0 Å². The normalized spacial score (nSPS) is 17.8. The number of urea groups is 1. The molecule has 2 aliphatic heterocycles. The molecule has 0 radical (unpaired) electrons. The summed E-state index contributed by atoms with van der Waals surface area (Å²) in [6, 6.07) is 11.2. The van der Waals surface area contributed by atoms with Gasteiger partial charge in [0.1, 0.15) is 5.75 Å². The van der Waals surface area contributed by atoms with Gasteiger partial charge in [0.05, 0.1) is 39.6 Å². The van der Waals surface area contributed by atoms with Crippen molar-refractivity contribution in [1.82, 2.24) is 20.0 Å². The lowest BCUT2D eigenvalue weighted by Gasteiger charge is -2.39. The van der Waals surface area contributed by atoms with Gasteiger partial charge in [-0.2, -0.15) is 0 Å². The monoisotopic (exact) mass is 552 g/mol.